The number of carbonyl (C=O) groups is 2. The lowest BCUT2D eigenvalue weighted by molar-refractivity contribution is -0.148. The summed E-state index contributed by atoms with van der Waals surface area (Å²) in [7, 11) is 0. The minimum absolute atomic E-state index is 0.199. The maximum Gasteiger partial charge on any atom is 0.331 e. The average molecular weight is 262 g/mol. The first-order valence-corrected chi connectivity index (χ1v) is 5.99. The van der Waals surface area contributed by atoms with Crippen LogP contribution in [0.4, 0.5) is 0 Å². The van der Waals surface area contributed by atoms with Crippen molar-refractivity contribution in [3.63, 3.8) is 0 Å². The highest BCUT2D eigenvalue weighted by Crippen LogP contribution is 2.15. The van der Waals surface area contributed by atoms with E-state index < -0.39 is 11.6 Å². The maximum atomic E-state index is 11.4. The van der Waals surface area contributed by atoms with E-state index in [4.69, 9.17) is 9.47 Å². The molecule has 4 heteroatoms. The fourth-order valence-electron chi connectivity index (χ4n) is 1.33. The number of benzene rings is 1. The predicted molar refractivity (Wildman–Crippen MR) is 72.3 cm³/mol. The van der Waals surface area contributed by atoms with Crippen molar-refractivity contribution >= 4 is 12.3 Å². The lowest BCUT2D eigenvalue weighted by Crippen LogP contribution is -2.22. The quantitative estimate of drug-likeness (QED) is 0.465. The molecule has 102 valence electrons. The van der Waals surface area contributed by atoms with Crippen molar-refractivity contribution < 1.29 is 19.1 Å². The molecule has 0 radical (unpaired) electrons. The Morgan fingerprint density at radius 3 is 2.58 bits per heavy atom. The zero-order valence-electron chi connectivity index (χ0n) is 11.4. The van der Waals surface area contributed by atoms with Crippen LogP contribution in [0.1, 0.15) is 31.1 Å². The molecule has 1 aromatic carbocycles. The summed E-state index contributed by atoms with van der Waals surface area (Å²) in [5.41, 5.74) is -0.0278. The molecule has 0 saturated carbocycles. The number of rotatable bonds is 5. The Bertz CT molecular complexity index is 469. The van der Waals surface area contributed by atoms with E-state index in [1.165, 1.54) is 6.08 Å². The van der Waals surface area contributed by atoms with Gasteiger partial charge in [0.25, 0.3) is 0 Å². The molecule has 0 aliphatic heterocycles. The van der Waals surface area contributed by atoms with Gasteiger partial charge in [-0.15, -0.1) is 0 Å². The van der Waals surface area contributed by atoms with Crippen molar-refractivity contribution in [1.82, 2.24) is 0 Å². The van der Waals surface area contributed by atoms with Gasteiger partial charge in [-0.2, -0.15) is 0 Å². The first-order chi connectivity index (χ1) is 8.92. The number of aldehydes is 1. The third kappa shape index (κ3) is 5.86. The maximum absolute atomic E-state index is 11.4. The highest BCUT2D eigenvalue weighted by atomic mass is 16.6. The van der Waals surface area contributed by atoms with Crippen LogP contribution in [-0.4, -0.2) is 24.5 Å². The molecule has 1 rings (SSSR count). The van der Waals surface area contributed by atoms with Crippen molar-refractivity contribution in [2.45, 2.75) is 26.4 Å². The van der Waals surface area contributed by atoms with Crippen LogP contribution < -0.4 is 4.74 Å². The van der Waals surface area contributed by atoms with Gasteiger partial charge >= 0.3 is 5.97 Å². The second kappa shape index (κ2) is 6.73. The number of esters is 1. The Balaban J connectivity index is 2.46. The van der Waals surface area contributed by atoms with Crippen LogP contribution in [-0.2, 0) is 9.53 Å². The van der Waals surface area contributed by atoms with Gasteiger partial charge in [0.1, 0.15) is 18.0 Å². The topological polar surface area (TPSA) is 52.6 Å². The van der Waals surface area contributed by atoms with Crippen molar-refractivity contribution in [2.24, 2.45) is 0 Å². The van der Waals surface area contributed by atoms with Gasteiger partial charge in [0.05, 0.1) is 5.56 Å². The molecule has 4 nitrogen and oxygen atoms in total. The first-order valence-electron chi connectivity index (χ1n) is 5.99. The average Bonchev–Trinajstić information content (AvgIpc) is 2.33. The zero-order valence-corrected chi connectivity index (χ0v) is 11.4. The van der Waals surface area contributed by atoms with Gasteiger partial charge in [0, 0.05) is 6.08 Å². The van der Waals surface area contributed by atoms with Crippen LogP contribution in [0.5, 0.6) is 5.75 Å². The summed E-state index contributed by atoms with van der Waals surface area (Å²) in [5.74, 6) is 0.0751. The van der Waals surface area contributed by atoms with Crippen LogP contribution in [0.15, 0.2) is 36.4 Å². The number of carbonyl (C=O) groups excluding carboxylic acids is 2. The van der Waals surface area contributed by atoms with E-state index in [0.29, 0.717) is 11.3 Å². The monoisotopic (exact) mass is 262 g/mol. The molecule has 0 bridgehead atoms. The summed E-state index contributed by atoms with van der Waals surface area (Å²) in [5, 5.41) is 0. The van der Waals surface area contributed by atoms with Gasteiger partial charge in [0.15, 0.2) is 6.29 Å². The van der Waals surface area contributed by atoms with E-state index in [0.717, 1.165) is 6.29 Å². The normalized spacial score (nSPS) is 11.3. The van der Waals surface area contributed by atoms with Gasteiger partial charge in [-0.1, -0.05) is 12.1 Å². The van der Waals surface area contributed by atoms with Crippen LogP contribution in [0.3, 0.4) is 0 Å². The van der Waals surface area contributed by atoms with E-state index in [9.17, 15) is 9.59 Å². The number of para-hydroxylation sites is 1. The first kappa shape index (κ1) is 15.0. The van der Waals surface area contributed by atoms with Crippen LogP contribution >= 0.6 is 0 Å². The summed E-state index contributed by atoms with van der Waals surface area (Å²) in [4.78, 5) is 22.1. The second-order valence-electron chi connectivity index (χ2n) is 4.90. The lowest BCUT2D eigenvalue weighted by Gasteiger charge is -2.17. The molecule has 0 fully saturated rings. The molecule has 0 atom stereocenters. The second-order valence-corrected chi connectivity index (χ2v) is 4.90. The SMILES string of the molecule is CC(C)(C)OC(=O)/C=C/COc1ccccc1C=O. The molecule has 0 aliphatic carbocycles. The Kier molecular flexibility index (Phi) is 5.30. The summed E-state index contributed by atoms with van der Waals surface area (Å²) in [6.07, 6.45) is 3.59. The highest BCUT2D eigenvalue weighted by molar-refractivity contribution is 5.82. The van der Waals surface area contributed by atoms with Crippen molar-refractivity contribution in [3.8, 4) is 5.75 Å². The predicted octanol–water partition coefficient (Wildman–Crippen LogP) is 2.78. The van der Waals surface area contributed by atoms with E-state index in [1.54, 1.807) is 51.1 Å². The Hall–Kier alpha value is -2.10. The molecule has 0 N–H and O–H groups in total. The Morgan fingerprint density at radius 2 is 1.95 bits per heavy atom. The zero-order chi connectivity index (χ0) is 14.3. The molecule has 0 aromatic heterocycles. The fraction of sp³-hybridized carbons (Fsp3) is 0.333. The molecule has 0 unspecified atom stereocenters. The van der Waals surface area contributed by atoms with Gasteiger partial charge in [-0.25, -0.2) is 4.79 Å². The molecule has 0 amide bonds. The number of hydrogen-bond acceptors (Lipinski definition) is 4. The molecule has 0 heterocycles. The van der Waals surface area contributed by atoms with Gasteiger partial charge in [-0.3, -0.25) is 4.79 Å². The van der Waals surface area contributed by atoms with Crippen LogP contribution in [0.25, 0.3) is 0 Å². The third-order valence-corrected chi connectivity index (χ3v) is 2.04. The summed E-state index contributed by atoms with van der Waals surface area (Å²) in [6.45, 7) is 5.60. The number of hydrogen-bond donors (Lipinski definition) is 0. The van der Waals surface area contributed by atoms with Gasteiger partial charge < -0.3 is 9.47 Å². The van der Waals surface area contributed by atoms with E-state index in [2.05, 4.69) is 0 Å². The Morgan fingerprint density at radius 1 is 1.26 bits per heavy atom. The van der Waals surface area contributed by atoms with E-state index in [1.807, 2.05) is 0 Å². The molecular weight excluding hydrogens is 244 g/mol. The standard InChI is InChI=1S/C15H18O4/c1-15(2,3)19-14(17)9-6-10-18-13-8-5-4-7-12(13)11-16/h4-9,11H,10H2,1-3H3/b9-6+. The highest BCUT2D eigenvalue weighted by Gasteiger charge is 2.13. The summed E-state index contributed by atoms with van der Waals surface area (Å²) < 4.78 is 10.5. The lowest BCUT2D eigenvalue weighted by atomic mass is 10.2. The smallest absolute Gasteiger partial charge is 0.331 e. The summed E-state index contributed by atoms with van der Waals surface area (Å²) >= 11 is 0. The fourth-order valence-corrected chi connectivity index (χ4v) is 1.33. The van der Waals surface area contributed by atoms with Crippen molar-refractivity contribution in [2.75, 3.05) is 6.61 Å². The van der Waals surface area contributed by atoms with Gasteiger partial charge in [-0.05, 0) is 39.0 Å². The Labute approximate surface area is 113 Å². The van der Waals surface area contributed by atoms with Crippen molar-refractivity contribution in [3.05, 3.63) is 42.0 Å². The summed E-state index contributed by atoms with van der Waals surface area (Å²) in [6, 6.07) is 6.90. The minimum atomic E-state index is -0.508. The molecule has 19 heavy (non-hydrogen) atoms. The largest absolute Gasteiger partial charge is 0.489 e. The molecule has 0 spiro atoms. The molecule has 0 aliphatic rings. The molecule has 1 aromatic rings. The van der Waals surface area contributed by atoms with E-state index >= 15 is 0 Å². The van der Waals surface area contributed by atoms with Crippen LogP contribution in [0, 0.1) is 0 Å². The van der Waals surface area contributed by atoms with Crippen molar-refractivity contribution in [1.29, 1.82) is 0 Å². The van der Waals surface area contributed by atoms with Gasteiger partial charge in [0.2, 0.25) is 0 Å². The van der Waals surface area contributed by atoms with Crippen LogP contribution in [0.2, 0.25) is 0 Å². The molecular formula is C15H18O4. The van der Waals surface area contributed by atoms with E-state index in [-0.39, 0.29) is 6.61 Å². The minimum Gasteiger partial charge on any atom is -0.489 e. The molecule has 0 saturated heterocycles. The third-order valence-electron chi connectivity index (χ3n) is 2.04. The number of ether oxygens (including phenoxy) is 2.